The molecule has 18 heavy (non-hydrogen) atoms. The topological polar surface area (TPSA) is 71.5 Å². The van der Waals surface area contributed by atoms with Gasteiger partial charge in [-0.15, -0.1) is 0 Å². The minimum absolute atomic E-state index is 0.197. The molecular formula is C13H16N2O3. The molecule has 0 spiro atoms. The van der Waals surface area contributed by atoms with Crippen molar-refractivity contribution in [3.8, 4) is 11.8 Å². The Kier molecular flexibility index (Phi) is 4.69. The van der Waals surface area contributed by atoms with Crippen molar-refractivity contribution >= 4 is 11.9 Å². The van der Waals surface area contributed by atoms with Crippen molar-refractivity contribution in [1.29, 1.82) is 0 Å². The highest BCUT2D eigenvalue weighted by Crippen LogP contribution is 2.10. The highest BCUT2D eigenvalue weighted by atomic mass is 16.6. The Labute approximate surface area is 106 Å². The van der Waals surface area contributed by atoms with Gasteiger partial charge in [0.2, 0.25) is 0 Å². The lowest BCUT2D eigenvalue weighted by molar-refractivity contribution is 0.0635. The van der Waals surface area contributed by atoms with Gasteiger partial charge in [0.15, 0.2) is 0 Å². The Bertz CT molecular complexity index is 464. The monoisotopic (exact) mass is 248 g/mol. The number of anilines is 1. The van der Waals surface area contributed by atoms with Crippen molar-refractivity contribution in [2.45, 2.75) is 26.4 Å². The van der Waals surface area contributed by atoms with Gasteiger partial charge in [-0.05, 0) is 32.9 Å². The Balaban J connectivity index is 2.61. The molecule has 0 fully saturated rings. The fraction of sp³-hybridized carbons (Fsp3) is 0.385. The molecule has 2 N–H and O–H groups in total. The summed E-state index contributed by atoms with van der Waals surface area (Å²) in [6.45, 7) is 5.16. The molecule has 0 aliphatic carbocycles. The van der Waals surface area contributed by atoms with Crippen LogP contribution in [0.25, 0.3) is 0 Å². The van der Waals surface area contributed by atoms with Crippen LogP contribution >= 0.6 is 0 Å². The molecule has 0 atom stereocenters. The van der Waals surface area contributed by atoms with Gasteiger partial charge in [0.25, 0.3) is 0 Å². The van der Waals surface area contributed by atoms with E-state index >= 15 is 0 Å². The summed E-state index contributed by atoms with van der Waals surface area (Å²) in [6, 6.07) is 3.31. The van der Waals surface area contributed by atoms with E-state index in [1.807, 2.05) is 0 Å². The van der Waals surface area contributed by atoms with Crippen LogP contribution in [0, 0.1) is 11.8 Å². The minimum Gasteiger partial charge on any atom is -0.444 e. The molecule has 0 saturated carbocycles. The van der Waals surface area contributed by atoms with Crippen LogP contribution in [-0.2, 0) is 4.74 Å². The van der Waals surface area contributed by atoms with E-state index in [0.717, 1.165) is 0 Å². The van der Waals surface area contributed by atoms with E-state index in [9.17, 15) is 4.79 Å². The number of rotatable bonds is 1. The number of hydrogen-bond donors (Lipinski definition) is 2. The molecule has 1 amide bonds. The average Bonchev–Trinajstić information content (AvgIpc) is 2.25. The third-order valence-corrected chi connectivity index (χ3v) is 1.70. The lowest BCUT2D eigenvalue weighted by Gasteiger charge is -2.19. The molecule has 0 unspecified atom stereocenters. The number of hydrogen-bond acceptors (Lipinski definition) is 4. The highest BCUT2D eigenvalue weighted by Gasteiger charge is 2.16. The maximum Gasteiger partial charge on any atom is 0.413 e. The van der Waals surface area contributed by atoms with Crippen LogP contribution in [0.15, 0.2) is 18.3 Å². The van der Waals surface area contributed by atoms with Gasteiger partial charge < -0.3 is 9.84 Å². The molecule has 5 heteroatoms. The first-order valence-corrected chi connectivity index (χ1v) is 5.46. The van der Waals surface area contributed by atoms with E-state index in [1.54, 1.807) is 32.9 Å². The SMILES string of the molecule is CC(C)(C)OC(=O)Nc1ccc(C#CCO)cn1. The Hall–Kier alpha value is -2.06. The van der Waals surface area contributed by atoms with Gasteiger partial charge >= 0.3 is 6.09 Å². The highest BCUT2D eigenvalue weighted by molar-refractivity contribution is 5.83. The maximum absolute atomic E-state index is 11.5. The third-order valence-electron chi connectivity index (χ3n) is 1.70. The van der Waals surface area contributed by atoms with Crippen molar-refractivity contribution in [2.24, 2.45) is 0 Å². The predicted molar refractivity (Wildman–Crippen MR) is 68.1 cm³/mol. The van der Waals surface area contributed by atoms with Crippen molar-refractivity contribution in [3.63, 3.8) is 0 Å². The molecule has 0 bridgehead atoms. The molecule has 1 rings (SSSR count). The first-order chi connectivity index (χ1) is 8.40. The smallest absolute Gasteiger partial charge is 0.413 e. The summed E-state index contributed by atoms with van der Waals surface area (Å²) in [7, 11) is 0. The number of pyridine rings is 1. The van der Waals surface area contributed by atoms with Gasteiger partial charge in [0.1, 0.15) is 18.0 Å². The number of aliphatic hydroxyl groups is 1. The van der Waals surface area contributed by atoms with Gasteiger partial charge in [0, 0.05) is 11.8 Å². The summed E-state index contributed by atoms with van der Waals surface area (Å²) in [6.07, 6.45) is 0.958. The average molecular weight is 248 g/mol. The van der Waals surface area contributed by atoms with E-state index in [4.69, 9.17) is 9.84 Å². The molecule has 0 aliphatic rings. The number of carbonyl (C=O) groups is 1. The van der Waals surface area contributed by atoms with Crippen molar-refractivity contribution in [2.75, 3.05) is 11.9 Å². The fourth-order valence-electron chi connectivity index (χ4n) is 1.09. The molecule has 0 saturated heterocycles. The number of nitrogens with zero attached hydrogens (tertiary/aromatic N) is 1. The van der Waals surface area contributed by atoms with Gasteiger partial charge in [-0.3, -0.25) is 5.32 Å². The lowest BCUT2D eigenvalue weighted by Crippen LogP contribution is -2.27. The fourth-order valence-corrected chi connectivity index (χ4v) is 1.09. The van der Waals surface area contributed by atoms with Crippen molar-refractivity contribution in [1.82, 2.24) is 4.98 Å². The number of carbonyl (C=O) groups excluding carboxylic acids is 1. The summed E-state index contributed by atoms with van der Waals surface area (Å²) in [5.41, 5.74) is 0.121. The number of nitrogens with one attached hydrogen (secondary N) is 1. The van der Waals surface area contributed by atoms with Crippen LogP contribution in [0.3, 0.4) is 0 Å². The maximum atomic E-state index is 11.5. The zero-order valence-corrected chi connectivity index (χ0v) is 10.7. The Morgan fingerprint density at radius 1 is 1.50 bits per heavy atom. The van der Waals surface area contributed by atoms with E-state index in [-0.39, 0.29) is 6.61 Å². The zero-order valence-electron chi connectivity index (χ0n) is 10.7. The minimum atomic E-state index is -0.552. The standard InChI is InChI=1S/C13H16N2O3/c1-13(2,3)18-12(17)15-11-7-6-10(9-14-11)5-4-8-16/h6-7,9,16H,8H2,1-3H3,(H,14,15,17). The molecule has 1 heterocycles. The quantitative estimate of drug-likeness (QED) is 0.743. The largest absolute Gasteiger partial charge is 0.444 e. The molecule has 0 radical (unpaired) electrons. The molecule has 0 aromatic carbocycles. The summed E-state index contributed by atoms with van der Waals surface area (Å²) >= 11 is 0. The van der Waals surface area contributed by atoms with Crippen LogP contribution in [-0.4, -0.2) is 28.4 Å². The third kappa shape index (κ3) is 5.32. The molecular weight excluding hydrogens is 232 g/mol. The lowest BCUT2D eigenvalue weighted by atomic mass is 10.2. The van der Waals surface area contributed by atoms with Gasteiger partial charge in [0.05, 0.1) is 0 Å². The van der Waals surface area contributed by atoms with Crippen LogP contribution in [0.1, 0.15) is 26.3 Å². The van der Waals surface area contributed by atoms with Crippen LogP contribution < -0.4 is 5.32 Å². The number of aliphatic hydroxyl groups excluding tert-OH is 1. The summed E-state index contributed by atoms with van der Waals surface area (Å²) in [5, 5.41) is 11.1. The number of amides is 1. The van der Waals surface area contributed by atoms with Crippen molar-refractivity contribution < 1.29 is 14.6 Å². The van der Waals surface area contributed by atoms with E-state index in [1.165, 1.54) is 6.20 Å². The van der Waals surface area contributed by atoms with E-state index in [0.29, 0.717) is 11.4 Å². The summed E-state index contributed by atoms with van der Waals surface area (Å²) < 4.78 is 5.09. The number of aromatic nitrogens is 1. The van der Waals surface area contributed by atoms with E-state index in [2.05, 4.69) is 22.1 Å². The second-order valence-electron chi connectivity index (χ2n) is 4.52. The van der Waals surface area contributed by atoms with Crippen LogP contribution in [0.2, 0.25) is 0 Å². The normalized spacial score (nSPS) is 10.2. The van der Waals surface area contributed by atoms with Crippen molar-refractivity contribution in [3.05, 3.63) is 23.9 Å². The molecule has 0 aliphatic heterocycles. The van der Waals surface area contributed by atoms with Crippen LogP contribution in [0.4, 0.5) is 10.6 Å². The predicted octanol–water partition coefficient (Wildman–Crippen LogP) is 1.77. The number of ether oxygens (including phenoxy) is 1. The Morgan fingerprint density at radius 3 is 2.72 bits per heavy atom. The van der Waals surface area contributed by atoms with Gasteiger partial charge in [-0.2, -0.15) is 0 Å². The van der Waals surface area contributed by atoms with Gasteiger partial charge in [-0.25, -0.2) is 9.78 Å². The molecule has 1 aromatic rings. The van der Waals surface area contributed by atoms with Gasteiger partial charge in [-0.1, -0.05) is 11.8 Å². The second kappa shape index (κ2) is 6.03. The Morgan fingerprint density at radius 2 is 2.22 bits per heavy atom. The molecule has 96 valence electrons. The second-order valence-corrected chi connectivity index (χ2v) is 4.52. The molecule has 5 nitrogen and oxygen atoms in total. The summed E-state index contributed by atoms with van der Waals surface area (Å²) in [5.74, 6) is 5.60. The summed E-state index contributed by atoms with van der Waals surface area (Å²) in [4.78, 5) is 15.5. The zero-order chi connectivity index (χ0) is 13.6. The first-order valence-electron chi connectivity index (χ1n) is 5.46. The first kappa shape index (κ1) is 14.0. The molecule has 1 aromatic heterocycles. The van der Waals surface area contributed by atoms with E-state index < -0.39 is 11.7 Å². The van der Waals surface area contributed by atoms with Crippen LogP contribution in [0.5, 0.6) is 0 Å².